The Balaban J connectivity index is 1.57. The van der Waals surface area contributed by atoms with Gasteiger partial charge < -0.3 is 5.32 Å². The highest BCUT2D eigenvalue weighted by Gasteiger charge is 2.30. The summed E-state index contributed by atoms with van der Waals surface area (Å²) in [6, 6.07) is 15.0. The third-order valence-electron chi connectivity index (χ3n) is 5.67. The molecular weight excluding hydrogens is 490 g/mol. The van der Waals surface area contributed by atoms with Gasteiger partial charge in [0.25, 0.3) is 0 Å². The zero-order chi connectivity index (χ0) is 23.9. The number of halogens is 1. The number of aryl methyl sites for hydroxylation is 1. The summed E-state index contributed by atoms with van der Waals surface area (Å²) in [7, 11) is -1.41. The molecule has 0 saturated carbocycles. The van der Waals surface area contributed by atoms with E-state index >= 15 is 0 Å². The lowest BCUT2D eigenvalue weighted by Gasteiger charge is -2.18. The highest BCUT2D eigenvalue weighted by Crippen LogP contribution is 2.47. The molecule has 10 heteroatoms. The molecule has 3 aromatic heterocycles. The van der Waals surface area contributed by atoms with Crippen molar-refractivity contribution >= 4 is 39.0 Å². The molecule has 1 aliphatic heterocycles. The molecule has 1 aromatic carbocycles. The second-order valence-corrected chi connectivity index (χ2v) is 11.6. The van der Waals surface area contributed by atoms with E-state index < -0.39 is 9.84 Å². The smallest absolute Gasteiger partial charge is 0.192 e. The standard InChI is InChI=1S/C24H22ClN5O2S2/c1-30-24-21(22(29-30)19-5-3-4-10-26-19)23(33-12-11-27-24)17-8-6-15(13-18(17)25)16-7-9-20(28-14-16)34(2,31)32/h3-10,13-14,23,27H,11-12H2,1-2H3. The molecule has 0 saturated heterocycles. The third-order valence-corrected chi connectivity index (χ3v) is 8.26. The molecule has 0 radical (unpaired) electrons. The predicted octanol–water partition coefficient (Wildman–Crippen LogP) is 4.85. The number of hydrogen-bond donors (Lipinski definition) is 1. The number of hydrogen-bond acceptors (Lipinski definition) is 7. The monoisotopic (exact) mass is 511 g/mol. The van der Waals surface area contributed by atoms with Crippen molar-refractivity contribution in [1.29, 1.82) is 0 Å². The van der Waals surface area contributed by atoms with Crippen LogP contribution in [0.15, 0.2) is 66.0 Å². The first-order valence-corrected chi connectivity index (χ1v) is 13.9. The molecule has 0 aliphatic carbocycles. The van der Waals surface area contributed by atoms with E-state index in [4.69, 9.17) is 16.7 Å². The van der Waals surface area contributed by atoms with Crippen molar-refractivity contribution in [3.8, 4) is 22.5 Å². The van der Waals surface area contributed by atoms with Gasteiger partial charge in [-0.3, -0.25) is 9.67 Å². The molecule has 0 spiro atoms. The SMILES string of the molecule is Cn1nc(-c2ccccn2)c2c1NCCSC2c1ccc(-c2ccc(S(C)(=O)=O)nc2)cc1Cl. The van der Waals surface area contributed by atoms with Gasteiger partial charge in [0, 0.05) is 54.1 Å². The fourth-order valence-electron chi connectivity index (χ4n) is 4.05. The fourth-order valence-corrected chi connectivity index (χ4v) is 6.20. The molecule has 4 heterocycles. The van der Waals surface area contributed by atoms with E-state index in [2.05, 4.69) is 15.3 Å². The normalized spacial score (nSPS) is 15.9. The molecule has 0 bridgehead atoms. The molecule has 0 fully saturated rings. The largest absolute Gasteiger partial charge is 0.369 e. The highest BCUT2D eigenvalue weighted by molar-refractivity contribution is 7.99. The van der Waals surface area contributed by atoms with E-state index in [0.29, 0.717) is 5.02 Å². The van der Waals surface area contributed by atoms with Crippen molar-refractivity contribution in [3.63, 3.8) is 0 Å². The van der Waals surface area contributed by atoms with Crippen LogP contribution in [0.3, 0.4) is 0 Å². The zero-order valence-corrected chi connectivity index (χ0v) is 21.0. The summed E-state index contributed by atoms with van der Waals surface area (Å²) in [5.74, 6) is 1.88. The van der Waals surface area contributed by atoms with Crippen LogP contribution in [0.1, 0.15) is 16.4 Å². The lowest BCUT2D eigenvalue weighted by molar-refractivity contribution is 0.598. The summed E-state index contributed by atoms with van der Waals surface area (Å²) in [6.07, 6.45) is 4.48. The molecule has 174 valence electrons. The van der Waals surface area contributed by atoms with Gasteiger partial charge >= 0.3 is 0 Å². The average molecular weight is 512 g/mol. The molecule has 0 amide bonds. The Morgan fingerprint density at radius 2 is 1.94 bits per heavy atom. The number of thioether (sulfide) groups is 1. The summed E-state index contributed by atoms with van der Waals surface area (Å²) < 4.78 is 25.3. The van der Waals surface area contributed by atoms with E-state index in [9.17, 15) is 8.42 Å². The van der Waals surface area contributed by atoms with Crippen LogP contribution < -0.4 is 5.32 Å². The Morgan fingerprint density at radius 3 is 2.62 bits per heavy atom. The van der Waals surface area contributed by atoms with Crippen LogP contribution in [0.4, 0.5) is 5.82 Å². The van der Waals surface area contributed by atoms with Gasteiger partial charge in [0.15, 0.2) is 14.9 Å². The van der Waals surface area contributed by atoms with E-state index in [1.54, 1.807) is 18.5 Å². The van der Waals surface area contributed by atoms with Crippen LogP contribution in [-0.4, -0.2) is 46.7 Å². The first kappa shape index (κ1) is 22.9. The van der Waals surface area contributed by atoms with E-state index in [-0.39, 0.29) is 10.3 Å². The van der Waals surface area contributed by atoms with Crippen LogP contribution >= 0.6 is 23.4 Å². The fraction of sp³-hybridized carbons (Fsp3) is 0.208. The lowest BCUT2D eigenvalue weighted by Crippen LogP contribution is -2.06. The minimum absolute atomic E-state index is 0.0250. The number of rotatable bonds is 4. The maximum Gasteiger partial charge on any atom is 0.192 e. The van der Waals surface area contributed by atoms with Crippen molar-refractivity contribution < 1.29 is 8.42 Å². The zero-order valence-electron chi connectivity index (χ0n) is 18.6. The molecule has 34 heavy (non-hydrogen) atoms. The number of nitrogens with one attached hydrogen (secondary N) is 1. The van der Waals surface area contributed by atoms with Gasteiger partial charge in [-0.05, 0) is 41.5 Å². The molecular formula is C24H22ClN5O2S2. The van der Waals surface area contributed by atoms with Gasteiger partial charge in [0.05, 0.1) is 10.9 Å². The highest BCUT2D eigenvalue weighted by atomic mass is 35.5. The van der Waals surface area contributed by atoms with Crippen molar-refractivity contribution in [2.24, 2.45) is 7.05 Å². The lowest BCUT2D eigenvalue weighted by atomic mass is 9.99. The minimum Gasteiger partial charge on any atom is -0.369 e. The van der Waals surface area contributed by atoms with Crippen molar-refractivity contribution in [1.82, 2.24) is 19.7 Å². The van der Waals surface area contributed by atoms with Gasteiger partial charge in [-0.1, -0.05) is 29.8 Å². The van der Waals surface area contributed by atoms with Crippen LogP contribution in [0.2, 0.25) is 5.02 Å². The summed E-state index contributed by atoms with van der Waals surface area (Å²) in [4.78, 5) is 8.63. The van der Waals surface area contributed by atoms with Crippen molar-refractivity contribution in [2.45, 2.75) is 10.3 Å². The minimum atomic E-state index is -3.35. The van der Waals surface area contributed by atoms with Crippen LogP contribution in [0.5, 0.6) is 0 Å². The molecule has 1 atom stereocenters. The number of aromatic nitrogens is 4. The molecule has 1 aliphatic rings. The summed E-state index contributed by atoms with van der Waals surface area (Å²) in [5, 5.41) is 8.94. The van der Waals surface area contributed by atoms with E-state index in [0.717, 1.165) is 58.0 Å². The maximum atomic E-state index is 11.7. The molecule has 1 N–H and O–H groups in total. The Kier molecular flexibility index (Phi) is 6.09. The van der Waals surface area contributed by atoms with E-state index in [1.807, 2.05) is 59.9 Å². The van der Waals surface area contributed by atoms with Crippen LogP contribution in [0.25, 0.3) is 22.5 Å². The van der Waals surface area contributed by atoms with Crippen LogP contribution in [0, 0.1) is 0 Å². The number of nitrogens with zero attached hydrogens (tertiary/aromatic N) is 4. The average Bonchev–Trinajstić information content (AvgIpc) is 3.00. The number of benzene rings is 1. The Hall–Kier alpha value is -2.88. The topological polar surface area (TPSA) is 89.8 Å². The summed E-state index contributed by atoms with van der Waals surface area (Å²) >= 11 is 8.66. The Labute approximate surface area is 207 Å². The number of sulfone groups is 1. The quantitative estimate of drug-likeness (QED) is 0.419. The predicted molar refractivity (Wildman–Crippen MR) is 137 cm³/mol. The molecule has 7 nitrogen and oxygen atoms in total. The second kappa shape index (κ2) is 9.05. The first-order chi connectivity index (χ1) is 16.3. The second-order valence-electron chi connectivity index (χ2n) is 8.02. The number of pyridine rings is 2. The van der Waals surface area contributed by atoms with Gasteiger partial charge in [-0.25, -0.2) is 13.4 Å². The van der Waals surface area contributed by atoms with Gasteiger partial charge in [-0.15, -0.1) is 11.8 Å². The summed E-state index contributed by atoms with van der Waals surface area (Å²) in [6.45, 7) is 0.823. The Morgan fingerprint density at radius 1 is 1.12 bits per heavy atom. The van der Waals surface area contributed by atoms with Gasteiger partial charge in [0.2, 0.25) is 0 Å². The van der Waals surface area contributed by atoms with Crippen LogP contribution in [-0.2, 0) is 16.9 Å². The maximum absolute atomic E-state index is 11.7. The number of fused-ring (bicyclic) bond motifs is 1. The molecule has 1 unspecified atom stereocenters. The van der Waals surface area contributed by atoms with Gasteiger partial charge in [-0.2, -0.15) is 5.10 Å². The first-order valence-electron chi connectivity index (χ1n) is 10.6. The Bertz CT molecular complexity index is 1450. The van der Waals surface area contributed by atoms with Crippen molar-refractivity contribution in [3.05, 3.63) is 77.1 Å². The number of anilines is 1. The van der Waals surface area contributed by atoms with E-state index in [1.165, 1.54) is 6.07 Å². The van der Waals surface area contributed by atoms with Crippen molar-refractivity contribution in [2.75, 3.05) is 23.9 Å². The van der Waals surface area contributed by atoms with Gasteiger partial charge in [0.1, 0.15) is 11.5 Å². The molecule has 4 aromatic rings. The molecule has 5 rings (SSSR count). The summed E-state index contributed by atoms with van der Waals surface area (Å²) in [5.41, 5.74) is 5.38. The third kappa shape index (κ3) is 4.31.